The first-order valence-electron chi connectivity index (χ1n) is 13.4. The van der Waals surface area contributed by atoms with E-state index in [0.717, 1.165) is 38.5 Å². The summed E-state index contributed by atoms with van der Waals surface area (Å²) in [5.74, 6) is -0.500. The maximum atomic E-state index is 12.8. The Labute approximate surface area is 238 Å². The zero-order chi connectivity index (χ0) is 29.1. The summed E-state index contributed by atoms with van der Waals surface area (Å²) >= 11 is 0. The van der Waals surface area contributed by atoms with E-state index in [4.69, 9.17) is 9.47 Å². The molecule has 208 valence electrons. The van der Waals surface area contributed by atoms with E-state index in [1.807, 2.05) is 75.5 Å². The van der Waals surface area contributed by atoms with Gasteiger partial charge in [-0.25, -0.2) is 9.59 Å². The van der Waals surface area contributed by atoms with Crippen LogP contribution in [0.25, 0.3) is 32.9 Å². The Morgan fingerprint density at radius 2 is 1.80 bits per heavy atom. The van der Waals surface area contributed by atoms with Gasteiger partial charge in [0.15, 0.2) is 0 Å². The third-order valence-electron chi connectivity index (χ3n) is 6.90. The second kappa shape index (κ2) is 11.2. The second-order valence-electron chi connectivity index (χ2n) is 10.9. The van der Waals surface area contributed by atoms with Crippen molar-refractivity contribution in [2.75, 3.05) is 12.4 Å². The van der Waals surface area contributed by atoms with Gasteiger partial charge in [0.2, 0.25) is 0 Å². The van der Waals surface area contributed by atoms with Gasteiger partial charge in [-0.2, -0.15) is 5.26 Å². The van der Waals surface area contributed by atoms with E-state index in [9.17, 15) is 14.9 Å². The minimum atomic E-state index is -0.603. The zero-order valence-corrected chi connectivity index (χ0v) is 23.5. The molecule has 1 unspecified atom stereocenters. The highest BCUT2D eigenvalue weighted by Gasteiger charge is 2.20. The van der Waals surface area contributed by atoms with Crippen LogP contribution in [-0.2, 0) is 15.9 Å². The summed E-state index contributed by atoms with van der Waals surface area (Å²) in [5, 5.41) is 15.1. The molecule has 2 N–H and O–H groups in total. The summed E-state index contributed by atoms with van der Waals surface area (Å²) in [6.07, 6.45) is 4.48. The largest absolute Gasteiger partial charge is 0.465 e. The molecule has 0 saturated carbocycles. The molecular weight excluding hydrogens is 516 g/mol. The number of aryl methyl sites for hydroxylation is 1. The molecule has 8 nitrogen and oxygen atoms in total. The Kier molecular flexibility index (Phi) is 7.54. The fraction of sp³-hybridized carbons (Fsp3) is 0.242. The van der Waals surface area contributed by atoms with Gasteiger partial charge in [0, 0.05) is 34.4 Å². The van der Waals surface area contributed by atoms with E-state index >= 15 is 0 Å². The van der Waals surface area contributed by atoms with Crippen molar-refractivity contribution in [3.05, 3.63) is 90.3 Å². The average Bonchev–Trinajstić information content (AvgIpc) is 3.58. The quantitative estimate of drug-likeness (QED) is 0.207. The van der Waals surface area contributed by atoms with Crippen molar-refractivity contribution in [3.63, 3.8) is 0 Å². The van der Waals surface area contributed by atoms with Gasteiger partial charge in [-0.15, -0.1) is 0 Å². The summed E-state index contributed by atoms with van der Waals surface area (Å²) in [5.41, 5.74) is 4.86. The fourth-order valence-corrected chi connectivity index (χ4v) is 4.92. The summed E-state index contributed by atoms with van der Waals surface area (Å²) in [7, 11) is 1.34. The van der Waals surface area contributed by atoms with Crippen molar-refractivity contribution in [1.29, 1.82) is 5.26 Å². The predicted octanol–water partition coefficient (Wildman–Crippen LogP) is 7.30. The maximum absolute atomic E-state index is 12.8. The van der Waals surface area contributed by atoms with Crippen LogP contribution in [-0.4, -0.2) is 40.4 Å². The number of H-pyrrole nitrogens is 1. The number of nitrogens with zero attached hydrogens (tertiary/aromatic N) is 2. The molecule has 0 bridgehead atoms. The second-order valence-corrected chi connectivity index (χ2v) is 10.9. The van der Waals surface area contributed by atoms with E-state index in [2.05, 4.69) is 22.4 Å². The van der Waals surface area contributed by atoms with Crippen LogP contribution in [0.3, 0.4) is 0 Å². The van der Waals surface area contributed by atoms with E-state index in [1.165, 1.54) is 11.7 Å². The molecule has 0 spiro atoms. The van der Waals surface area contributed by atoms with Crippen molar-refractivity contribution in [1.82, 2.24) is 9.55 Å². The van der Waals surface area contributed by atoms with Crippen LogP contribution >= 0.6 is 0 Å². The van der Waals surface area contributed by atoms with Crippen LogP contribution in [0.2, 0.25) is 0 Å². The van der Waals surface area contributed by atoms with Gasteiger partial charge in [0.25, 0.3) is 0 Å². The lowest BCUT2D eigenvalue weighted by molar-refractivity contribution is 0.0542. The van der Waals surface area contributed by atoms with Crippen LogP contribution in [0.1, 0.15) is 43.1 Å². The lowest BCUT2D eigenvalue weighted by Gasteiger charge is -2.19. The Balaban J connectivity index is 1.38. The number of carbonyl (C=O) groups excluding carboxylic acids is 2. The Morgan fingerprint density at radius 3 is 2.56 bits per heavy atom. The molecule has 2 aromatic heterocycles. The number of benzene rings is 3. The molecule has 3 aromatic carbocycles. The van der Waals surface area contributed by atoms with Gasteiger partial charge < -0.3 is 19.8 Å². The van der Waals surface area contributed by atoms with E-state index < -0.39 is 23.7 Å². The van der Waals surface area contributed by atoms with Crippen molar-refractivity contribution >= 4 is 39.6 Å². The Hall–Kier alpha value is -5.03. The van der Waals surface area contributed by atoms with Crippen LogP contribution < -0.4 is 5.32 Å². The van der Waals surface area contributed by atoms with Crippen LogP contribution in [0.15, 0.2) is 79.1 Å². The number of para-hydroxylation sites is 1. The third-order valence-corrected chi connectivity index (χ3v) is 6.90. The number of anilines is 1. The number of aromatic nitrogens is 2. The highest BCUT2D eigenvalue weighted by atomic mass is 16.6. The first-order valence-corrected chi connectivity index (χ1v) is 13.4. The molecule has 0 aliphatic heterocycles. The van der Waals surface area contributed by atoms with Gasteiger partial charge in [-0.1, -0.05) is 30.3 Å². The molecule has 2 heterocycles. The number of hydrogen-bond donors (Lipinski definition) is 2. The van der Waals surface area contributed by atoms with Gasteiger partial charge in [0.1, 0.15) is 11.6 Å². The number of esters is 1. The summed E-state index contributed by atoms with van der Waals surface area (Å²) in [6, 6.07) is 22.9. The van der Waals surface area contributed by atoms with Gasteiger partial charge in [-0.05, 0) is 86.7 Å². The summed E-state index contributed by atoms with van der Waals surface area (Å²) < 4.78 is 12.1. The number of nitrogens with one attached hydrogen (secondary N) is 2. The molecule has 0 saturated heterocycles. The molecule has 5 rings (SSSR count). The Morgan fingerprint density at radius 1 is 1.05 bits per heavy atom. The number of carbonyl (C=O) groups is 2. The third kappa shape index (κ3) is 5.94. The van der Waals surface area contributed by atoms with Crippen LogP contribution in [0.4, 0.5) is 10.5 Å². The number of fused-ring (bicyclic) bond motifs is 2. The lowest BCUT2D eigenvalue weighted by atomic mass is 9.99. The van der Waals surface area contributed by atoms with Crippen molar-refractivity contribution in [3.8, 4) is 17.2 Å². The predicted molar refractivity (Wildman–Crippen MR) is 160 cm³/mol. The number of rotatable bonds is 7. The van der Waals surface area contributed by atoms with Gasteiger partial charge >= 0.3 is 12.1 Å². The number of nitriles is 1. The summed E-state index contributed by atoms with van der Waals surface area (Å²) in [4.78, 5) is 28.7. The number of methoxy groups -OCH3 is 1. The van der Waals surface area contributed by atoms with E-state index in [0.29, 0.717) is 24.1 Å². The fourth-order valence-electron chi connectivity index (χ4n) is 4.92. The van der Waals surface area contributed by atoms with Gasteiger partial charge in [0.05, 0.1) is 24.3 Å². The number of hydrogen-bond acceptors (Lipinski definition) is 6. The minimum Gasteiger partial charge on any atom is -0.465 e. The summed E-state index contributed by atoms with van der Waals surface area (Å²) in [6.45, 7) is 5.48. The highest BCUT2D eigenvalue weighted by Crippen LogP contribution is 2.30. The van der Waals surface area contributed by atoms with Crippen molar-refractivity contribution in [2.45, 2.75) is 45.3 Å². The molecule has 1 atom stereocenters. The minimum absolute atomic E-state index is 0.337. The molecule has 5 aromatic rings. The first kappa shape index (κ1) is 27.5. The van der Waals surface area contributed by atoms with Crippen molar-refractivity contribution < 1.29 is 19.1 Å². The average molecular weight is 549 g/mol. The number of ether oxygens (including phenoxy) is 2. The monoisotopic (exact) mass is 548 g/mol. The normalized spacial score (nSPS) is 12.2. The first-order chi connectivity index (χ1) is 19.7. The molecule has 0 fully saturated rings. The molecular formula is C33H32N4O4. The molecule has 0 aliphatic carbocycles. The maximum Gasteiger partial charge on any atom is 0.418 e. The molecule has 0 aliphatic rings. The molecule has 0 amide bonds. The molecule has 0 radical (unpaired) electrons. The molecule has 41 heavy (non-hydrogen) atoms. The number of aromatic amines is 1. The zero-order valence-electron chi connectivity index (χ0n) is 23.5. The van der Waals surface area contributed by atoms with Crippen molar-refractivity contribution in [2.24, 2.45) is 0 Å². The van der Waals surface area contributed by atoms with Gasteiger partial charge in [-0.3, -0.25) is 4.57 Å². The Bertz CT molecular complexity index is 1780. The highest BCUT2D eigenvalue weighted by molar-refractivity contribution is 5.98. The lowest BCUT2D eigenvalue weighted by Crippen LogP contribution is -2.26. The standard InChI is InChI=1S/C33H32N4O4/c1-33(2,3)41-32(39)37-16-15-23-17-21(11-14-30(23)37)22-10-13-29(27(18-22)31(38)40-4)36-25(19-34)12-9-24-20-35-28-8-6-5-7-26(24)28/h5-8,10-11,13-18,20,25,35-36H,9,12H2,1-4H3. The smallest absolute Gasteiger partial charge is 0.418 e. The molecule has 8 heteroatoms. The van der Waals surface area contributed by atoms with Crippen LogP contribution in [0.5, 0.6) is 0 Å². The SMILES string of the molecule is COC(=O)c1cc(-c2ccc3c(ccn3C(=O)OC(C)(C)C)c2)ccc1NC(C#N)CCc1c[nH]c2ccccc12. The topological polar surface area (TPSA) is 109 Å². The van der Waals surface area contributed by atoms with E-state index in [-0.39, 0.29) is 0 Å². The van der Waals surface area contributed by atoms with Crippen LogP contribution in [0, 0.1) is 11.3 Å². The van der Waals surface area contributed by atoms with E-state index in [1.54, 1.807) is 18.3 Å².